The highest BCUT2D eigenvalue weighted by molar-refractivity contribution is 5.82. The van der Waals surface area contributed by atoms with Gasteiger partial charge in [-0.05, 0) is 25.0 Å². The fourth-order valence-corrected chi connectivity index (χ4v) is 3.20. The summed E-state index contributed by atoms with van der Waals surface area (Å²) < 4.78 is 5.29. The number of phenols is 1. The second kappa shape index (κ2) is 7.53. The van der Waals surface area contributed by atoms with E-state index in [9.17, 15) is 9.90 Å². The third-order valence-corrected chi connectivity index (χ3v) is 4.65. The topological polar surface area (TPSA) is 54.9 Å². The minimum absolute atomic E-state index is 0.180. The lowest BCUT2D eigenvalue weighted by Gasteiger charge is -2.19. The number of nitrogens with one attached hydrogen (secondary N) is 1. The van der Waals surface area contributed by atoms with Crippen LogP contribution in [0.25, 0.3) is 11.0 Å². The first-order valence-electron chi connectivity index (χ1n) is 8.76. The molecule has 0 saturated heterocycles. The first kappa shape index (κ1) is 17.2. The molecule has 0 amide bonds. The first-order valence-corrected chi connectivity index (χ1v) is 8.76. The van der Waals surface area contributed by atoms with Crippen LogP contribution in [-0.2, 0) is 19.5 Å². The van der Waals surface area contributed by atoms with Gasteiger partial charge in [-0.15, -0.1) is 0 Å². The van der Waals surface area contributed by atoms with Crippen molar-refractivity contribution in [2.45, 2.75) is 33.4 Å². The van der Waals surface area contributed by atoms with Crippen LogP contribution >= 0.6 is 0 Å². The van der Waals surface area contributed by atoms with Crippen molar-refractivity contribution in [2.24, 2.45) is 0 Å². The van der Waals surface area contributed by atoms with E-state index < -0.39 is 0 Å². The van der Waals surface area contributed by atoms with E-state index in [0.29, 0.717) is 5.58 Å². The second-order valence-electron chi connectivity index (χ2n) is 6.36. The zero-order valence-electron chi connectivity index (χ0n) is 14.7. The van der Waals surface area contributed by atoms with Gasteiger partial charge in [0, 0.05) is 28.6 Å². The summed E-state index contributed by atoms with van der Waals surface area (Å²) in [7, 11) is 0. The molecule has 130 valence electrons. The van der Waals surface area contributed by atoms with Gasteiger partial charge in [0.05, 0.1) is 6.54 Å². The Morgan fingerprint density at radius 2 is 1.76 bits per heavy atom. The quantitative estimate of drug-likeness (QED) is 0.680. The summed E-state index contributed by atoms with van der Waals surface area (Å²) in [6.07, 6.45) is 0.731. The Kier molecular flexibility index (Phi) is 5.19. The van der Waals surface area contributed by atoms with E-state index in [2.05, 4.69) is 19.1 Å². The largest absolute Gasteiger partial charge is 0.508 e. The molecule has 3 rings (SSSR count). The molecule has 0 bridgehead atoms. The zero-order chi connectivity index (χ0) is 17.8. The van der Waals surface area contributed by atoms with Crippen molar-refractivity contribution in [3.05, 3.63) is 75.6 Å². The number of phenolic OH excluding ortho intramolecular Hbond substituents is 1. The van der Waals surface area contributed by atoms with Crippen molar-refractivity contribution in [3.63, 3.8) is 0 Å². The molecule has 4 nitrogen and oxygen atoms in total. The van der Waals surface area contributed by atoms with Crippen LogP contribution in [0.15, 0.2) is 57.7 Å². The molecule has 2 aromatic carbocycles. The van der Waals surface area contributed by atoms with Crippen LogP contribution in [0, 0.1) is 0 Å². The number of fused-ring (bicyclic) bond motifs is 1. The van der Waals surface area contributed by atoms with E-state index >= 15 is 0 Å². The number of aryl methyl sites for hydroxylation is 1. The van der Waals surface area contributed by atoms with E-state index in [1.807, 2.05) is 31.2 Å². The minimum atomic E-state index is -0.374. The smallest absolute Gasteiger partial charge is 0.336 e. The maximum absolute atomic E-state index is 11.9. The Balaban J connectivity index is 1.97. The van der Waals surface area contributed by atoms with Crippen LogP contribution < -0.4 is 10.5 Å². The van der Waals surface area contributed by atoms with Gasteiger partial charge in [0.15, 0.2) is 0 Å². The fraction of sp³-hybridized carbons (Fsp3) is 0.286. The molecule has 25 heavy (non-hydrogen) atoms. The van der Waals surface area contributed by atoms with E-state index in [4.69, 9.17) is 4.42 Å². The molecule has 0 radical (unpaired) electrons. The molecule has 0 aliphatic carbocycles. The molecule has 1 atom stereocenters. The van der Waals surface area contributed by atoms with Crippen LogP contribution in [0.5, 0.6) is 5.75 Å². The van der Waals surface area contributed by atoms with E-state index in [-0.39, 0.29) is 11.4 Å². The standard InChI is InChI=1S/C21H23NO3/c1-3-16-10-18-17(11-21(24)25-20(18)12-19(16)23)14-22(4-2)13-15-8-6-5-7-9-15/h5-12,23H,3-4,13-14H2,1-2H3/p+1. The Morgan fingerprint density at radius 3 is 2.44 bits per heavy atom. The lowest BCUT2D eigenvalue weighted by molar-refractivity contribution is -0.925. The van der Waals surface area contributed by atoms with E-state index in [1.54, 1.807) is 12.1 Å². The predicted molar refractivity (Wildman–Crippen MR) is 98.9 cm³/mol. The highest BCUT2D eigenvalue weighted by Crippen LogP contribution is 2.26. The monoisotopic (exact) mass is 338 g/mol. The maximum Gasteiger partial charge on any atom is 0.336 e. The molecule has 0 aliphatic heterocycles. The lowest BCUT2D eigenvalue weighted by Crippen LogP contribution is -3.09. The normalized spacial score (nSPS) is 12.4. The van der Waals surface area contributed by atoms with E-state index in [0.717, 1.165) is 42.6 Å². The van der Waals surface area contributed by atoms with Crippen molar-refractivity contribution >= 4 is 11.0 Å². The summed E-state index contributed by atoms with van der Waals surface area (Å²) in [5, 5.41) is 11.0. The van der Waals surface area contributed by atoms with Crippen LogP contribution in [0.3, 0.4) is 0 Å². The Labute approximate surface area is 147 Å². The molecule has 1 unspecified atom stereocenters. The van der Waals surface area contributed by atoms with Crippen LogP contribution in [0.2, 0.25) is 0 Å². The molecule has 2 N–H and O–H groups in total. The van der Waals surface area contributed by atoms with Gasteiger partial charge in [-0.2, -0.15) is 0 Å². The summed E-state index contributed by atoms with van der Waals surface area (Å²) in [6.45, 7) is 6.74. The lowest BCUT2D eigenvalue weighted by atomic mass is 10.0. The molecule has 0 spiro atoms. The zero-order valence-corrected chi connectivity index (χ0v) is 14.7. The van der Waals surface area contributed by atoms with Crippen molar-refractivity contribution in [1.82, 2.24) is 0 Å². The average Bonchev–Trinajstić information content (AvgIpc) is 2.61. The molecule has 1 heterocycles. The molecule has 1 aromatic heterocycles. The van der Waals surface area contributed by atoms with Crippen LogP contribution in [-0.4, -0.2) is 11.7 Å². The highest BCUT2D eigenvalue weighted by Gasteiger charge is 2.15. The van der Waals surface area contributed by atoms with E-state index in [1.165, 1.54) is 10.5 Å². The Morgan fingerprint density at radius 1 is 1.00 bits per heavy atom. The van der Waals surface area contributed by atoms with Gasteiger partial charge in [0.1, 0.15) is 24.4 Å². The van der Waals surface area contributed by atoms with Crippen molar-refractivity contribution in [1.29, 1.82) is 0 Å². The van der Waals surface area contributed by atoms with Gasteiger partial charge < -0.3 is 14.4 Å². The first-order chi connectivity index (χ1) is 12.1. The van der Waals surface area contributed by atoms with Gasteiger partial charge in [0.25, 0.3) is 0 Å². The van der Waals surface area contributed by atoms with Crippen molar-refractivity contribution in [2.75, 3.05) is 6.54 Å². The molecular weight excluding hydrogens is 314 g/mol. The summed E-state index contributed by atoms with van der Waals surface area (Å²) in [5.41, 5.74) is 3.18. The number of quaternary nitrogens is 1. The van der Waals surface area contributed by atoms with Crippen molar-refractivity contribution < 1.29 is 14.4 Å². The van der Waals surface area contributed by atoms with Gasteiger partial charge >= 0.3 is 5.63 Å². The number of aromatic hydroxyl groups is 1. The molecule has 4 heteroatoms. The van der Waals surface area contributed by atoms with Gasteiger partial charge in [-0.3, -0.25) is 0 Å². The second-order valence-corrected chi connectivity index (χ2v) is 6.36. The maximum atomic E-state index is 11.9. The third kappa shape index (κ3) is 3.91. The van der Waals surface area contributed by atoms with Gasteiger partial charge in [-0.25, -0.2) is 4.79 Å². The van der Waals surface area contributed by atoms with Gasteiger partial charge in [-0.1, -0.05) is 37.3 Å². The Hall–Kier alpha value is -2.59. The number of hydrogen-bond donors (Lipinski definition) is 2. The molecule has 0 aliphatic rings. The van der Waals surface area contributed by atoms with Gasteiger partial charge in [0.2, 0.25) is 0 Å². The number of hydrogen-bond acceptors (Lipinski definition) is 3. The molecule has 3 aromatic rings. The fourth-order valence-electron chi connectivity index (χ4n) is 3.20. The average molecular weight is 338 g/mol. The summed E-state index contributed by atoms with van der Waals surface area (Å²) in [6, 6.07) is 15.4. The van der Waals surface area contributed by atoms with Crippen LogP contribution in [0.4, 0.5) is 0 Å². The highest BCUT2D eigenvalue weighted by atomic mass is 16.4. The summed E-state index contributed by atoms with van der Waals surface area (Å²) in [5.74, 6) is 0.180. The van der Waals surface area contributed by atoms with Crippen molar-refractivity contribution in [3.8, 4) is 5.75 Å². The number of rotatable bonds is 6. The summed E-state index contributed by atoms with van der Waals surface area (Å²) in [4.78, 5) is 13.3. The summed E-state index contributed by atoms with van der Waals surface area (Å²) >= 11 is 0. The number of benzene rings is 2. The molecular formula is C21H24NO3+. The minimum Gasteiger partial charge on any atom is -0.508 e. The predicted octanol–water partition coefficient (Wildman–Crippen LogP) is 2.67. The SMILES string of the molecule is CCc1cc2c(C[NH+](CC)Cc3ccccc3)cc(=O)oc2cc1O. The third-order valence-electron chi connectivity index (χ3n) is 4.65. The molecule has 0 fully saturated rings. The molecule has 0 saturated carbocycles. The Bertz CT molecular complexity index is 916. The van der Waals surface area contributed by atoms with Crippen LogP contribution in [0.1, 0.15) is 30.5 Å².